The van der Waals surface area contributed by atoms with Gasteiger partial charge in [0.1, 0.15) is 16.6 Å². The first-order chi connectivity index (χ1) is 14.2. The predicted molar refractivity (Wildman–Crippen MR) is 108 cm³/mol. The van der Waals surface area contributed by atoms with Crippen LogP contribution < -0.4 is 4.74 Å². The number of nitrogens with zero attached hydrogens (tertiary/aromatic N) is 5. The van der Waals surface area contributed by atoms with E-state index >= 15 is 0 Å². The van der Waals surface area contributed by atoms with Crippen molar-refractivity contribution in [1.82, 2.24) is 25.0 Å². The van der Waals surface area contributed by atoms with Crippen LogP contribution in [0.4, 0.5) is 0 Å². The molecule has 0 spiro atoms. The largest absolute Gasteiger partial charge is 0.437 e. The zero-order valence-corrected chi connectivity index (χ0v) is 16.2. The van der Waals surface area contributed by atoms with Gasteiger partial charge in [0.2, 0.25) is 5.88 Å². The molecule has 1 N–H and O–H groups in total. The Labute approximate surface area is 171 Å². The lowest BCUT2D eigenvalue weighted by atomic mass is 10.0. The first kappa shape index (κ1) is 18.0. The molecule has 0 aliphatic heterocycles. The summed E-state index contributed by atoms with van der Waals surface area (Å²) in [6, 6.07) is 10.8. The Hall–Kier alpha value is -3.03. The van der Waals surface area contributed by atoms with Crippen LogP contribution in [0.5, 0.6) is 11.6 Å². The van der Waals surface area contributed by atoms with Crippen LogP contribution in [0.25, 0.3) is 11.0 Å². The van der Waals surface area contributed by atoms with Gasteiger partial charge in [0, 0.05) is 36.3 Å². The normalized spacial score (nSPS) is 14.8. The Bertz CT molecular complexity index is 1160. The second-order valence-corrected chi connectivity index (χ2v) is 7.53. The number of fused-ring (bicyclic) bond motifs is 1. The smallest absolute Gasteiger partial charge is 0.225 e. The van der Waals surface area contributed by atoms with Gasteiger partial charge in [-0.2, -0.15) is 0 Å². The van der Waals surface area contributed by atoms with Gasteiger partial charge in [-0.1, -0.05) is 22.9 Å². The average Bonchev–Trinajstić information content (AvgIpc) is 3.49. The summed E-state index contributed by atoms with van der Waals surface area (Å²) in [5, 5.41) is 19.6. The number of rotatable bonds is 6. The molecule has 4 aromatic rings. The molecule has 0 bridgehead atoms. The second kappa shape index (κ2) is 7.42. The van der Waals surface area contributed by atoms with E-state index in [1.54, 1.807) is 48.9 Å². The quantitative estimate of drug-likeness (QED) is 0.516. The molecule has 0 radical (unpaired) electrons. The van der Waals surface area contributed by atoms with E-state index in [0.717, 1.165) is 12.1 Å². The Morgan fingerprint density at radius 2 is 2.03 bits per heavy atom. The van der Waals surface area contributed by atoms with Gasteiger partial charge >= 0.3 is 0 Å². The summed E-state index contributed by atoms with van der Waals surface area (Å²) < 4.78 is 7.88. The van der Waals surface area contributed by atoms with Crippen molar-refractivity contribution in [2.45, 2.75) is 25.5 Å². The molecule has 1 aliphatic carbocycles. The fourth-order valence-electron chi connectivity index (χ4n) is 3.26. The summed E-state index contributed by atoms with van der Waals surface area (Å²) in [4.78, 5) is 8.35. The molecule has 1 unspecified atom stereocenters. The van der Waals surface area contributed by atoms with Crippen LogP contribution in [0.2, 0.25) is 5.02 Å². The molecule has 0 saturated heterocycles. The highest BCUT2D eigenvalue weighted by atomic mass is 35.5. The maximum Gasteiger partial charge on any atom is 0.225 e. The van der Waals surface area contributed by atoms with E-state index in [2.05, 4.69) is 20.3 Å². The molecule has 3 aromatic heterocycles. The van der Waals surface area contributed by atoms with Crippen molar-refractivity contribution >= 4 is 22.6 Å². The molecule has 1 atom stereocenters. The van der Waals surface area contributed by atoms with E-state index in [9.17, 15) is 5.11 Å². The van der Waals surface area contributed by atoms with Crippen LogP contribution in [0.3, 0.4) is 0 Å². The molecule has 1 fully saturated rings. The molecule has 0 amide bonds. The Balaban J connectivity index is 1.47. The summed E-state index contributed by atoms with van der Waals surface area (Å²) in [5.74, 6) is 1.37. The average molecular weight is 408 g/mol. The van der Waals surface area contributed by atoms with Crippen molar-refractivity contribution in [3.05, 3.63) is 71.1 Å². The van der Waals surface area contributed by atoms with Crippen molar-refractivity contribution in [3.8, 4) is 11.6 Å². The summed E-state index contributed by atoms with van der Waals surface area (Å²) in [7, 11) is 0. The Morgan fingerprint density at radius 3 is 2.83 bits per heavy atom. The van der Waals surface area contributed by atoms with Crippen molar-refractivity contribution in [2.24, 2.45) is 5.92 Å². The molecule has 29 heavy (non-hydrogen) atoms. The lowest BCUT2D eigenvalue weighted by Crippen LogP contribution is -2.04. The maximum atomic E-state index is 10.8. The number of pyridine rings is 2. The van der Waals surface area contributed by atoms with Gasteiger partial charge in [0.05, 0.1) is 5.52 Å². The highest BCUT2D eigenvalue weighted by Gasteiger charge is 2.24. The molecule has 1 aromatic carbocycles. The first-order valence-electron chi connectivity index (χ1n) is 9.43. The summed E-state index contributed by atoms with van der Waals surface area (Å²) in [6.45, 7) is 0.856. The topological polar surface area (TPSA) is 86.0 Å². The van der Waals surface area contributed by atoms with Crippen LogP contribution in [-0.4, -0.2) is 30.1 Å². The standard InChI is InChI=1S/C21H18ClN5O2/c22-18-17(8-7-16-19(18)25-26-27(16)12-13-5-6-13)29-21-15(4-2-10-24-21)20(28)14-3-1-9-23-11-14/h1-4,7-11,13,20,28H,5-6,12H2. The molecular weight excluding hydrogens is 390 g/mol. The van der Waals surface area contributed by atoms with Gasteiger partial charge in [-0.3, -0.25) is 4.98 Å². The SMILES string of the molecule is OC(c1cccnc1)c1cccnc1Oc1ccc2c(nnn2CC2CC2)c1Cl. The monoisotopic (exact) mass is 407 g/mol. The first-order valence-corrected chi connectivity index (χ1v) is 9.81. The van der Waals surface area contributed by atoms with E-state index in [0.29, 0.717) is 33.3 Å². The lowest BCUT2D eigenvalue weighted by molar-refractivity contribution is 0.215. The second-order valence-electron chi connectivity index (χ2n) is 7.15. The van der Waals surface area contributed by atoms with Crippen molar-refractivity contribution < 1.29 is 9.84 Å². The van der Waals surface area contributed by atoms with Gasteiger partial charge in [-0.15, -0.1) is 5.10 Å². The van der Waals surface area contributed by atoms with E-state index in [4.69, 9.17) is 16.3 Å². The number of ether oxygens (including phenoxy) is 1. The highest BCUT2D eigenvalue weighted by molar-refractivity contribution is 6.36. The third-order valence-electron chi connectivity index (χ3n) is 5.02. The number of benzene rings is 1. The minimum Gasteiger partial charge on any atom is -0.437 e. The van der Waals surface area contributed by atoms with Crippen LogP contribution >= 0.6 is 11.6 Å². The number of aliphatic hydroxyl groups is 1. The Morgan fingerprint density at radius 1 is 1.17 bits per heavy atom. The van der Waals surface area contributed by atoms with Crippen LogP contribution in [0.15, 0.2) is 55.0 Å². The number of hydrogen-bond donors (Lipinski definition) is 1. The van der Waals surface area contributed by atoms with E-state index < -0.39 is 6.10 Å². The fourth-order valence-corrected chi connectivity index (χ4v) is 3.50. The van der Waals surface area contributed by atoms with E-state index in [1.165, 1.54) is 12.8 Å². The minimum absolute atomic E-state index is 0.274. The zero-order valence-electron chi connectivity index (χ0n) is 15.4. The van der Waals surface area contributed by atoms with Crippen LogP contribution in [0, 0.1) is 5.92 Å². The van der Waals surface area contributed by atoms with Gasteiger partial charge in [0.25, 0.3) is 0 Å². The summed E-state index contributed by atoms with van der Waals surface area (Å²) in [6.07, 6.45) is 6.42. The molecule has 7 nitrogen and oxygen atoms in total. The van der Waals surface area contributed by atoms with E-state index in [1.807, 2.05) is 10.7 Å². The molecule has 3 heterocycles. The zero-order chi connectivity index (χ0) is 19.8. The number of hydrogen-bond acceptors (Lipinski definition) is 6. The third-order valence-corrected chi connectivity index (χ3v) is 5.39. The molecule has 1 aliphatic rings. The number of aliphatic hydroxyl groups excluding tert-OH is 1. The number of halogens is 1. The number of aromatic nitrogens is 5. The molecule has 1 saturated carbocycles. The minimum atomic E-state index is -0.922. The van der Waals surface area contributed by atoms with Crippen molar-refractivity contribution in [3.63, 3.8) is 0 Å². The van der Waals surface area contributed by atoms with Gasteiger partial charge in [-0.25, -0.2) is 9.67 Å². The fraction of sp³-hybridized carbons (Fsp3) is 0.238. The van der Waals surface area contributed by atoms with E-state index in [-0.39, 0.29) is 5.88 Å². The summed E-state index contributed by atoms with van der Waals surface area (Å²) >= 11 is 6.56. The highest BCUT2D eigenvalue weighted by Crippen LogP contribution is 2.38. The van der Waals surface area contributed by atoms with Gasteiger partial charge < -0.3 is 9.84 Å². The van der Waals surface area contributed by atoms with Gasteiger partial charge in [-0.05, 0) is 49.1 Å². The maximum absolute atomic E-state index is 10.8. The van der Waals surface area contributed by atoms with Gasteiger partial charge in [0.15, 0.2) is 5.75 Å². The lowest BCUT2D eigenvalue weighted by Gasteiger charge is -2.15. The predicted octanol–water partition coefficient (Wildman–Crippen LogP) is 4.16. The van der Waals surface area contributed by atoms with Crippen LogP contribution in [-0.2, 0) is 6.54 Å². The summed E-state index contributed by atoms with van der Waals surface area (Å²) in [5.41, 5.74) is 2.64. The Kier molecular flexibility index (Phi) is 4.61. The van der Waals surface area contributed by atoms with Crippen molar-refractivity contribution in [1.29, 1.82) is 0 Å². The van der Waals surface area contributed by atoms with Crippen LogP contribution in [0.1, 0.15) is 30.1 Å². The molecule has 5 rings (SSSR count). The molecule has 8 heteroatoms. The molecule has 146 valence electrons. The third kappa shape index (κ3) is 3.54. The van der Waals surface area contributed by atoms with Crippen molar-refractivity contribution in [2.75, 3.05) is 0 Å². The molecular formula is C21H18ClN5O2.